The van der Waals surface area contributed by atoms with E-state index in [1.807, 2.05) is 6.26 Å². The van der Waals surface area contributed by atoms with Crippen LogP contribution in [-0.4, -0.2) is 27.7 Å². The van der Waals surface area contributed by atoms with Crippen molar-refractivity contribution < 1.29 is 14.3 Å². The molecule has 0 aliphatic heterocycles. The Hall–Kier alpha value is -2.08. The third kappa shape index (κ3) is 3.52. The minimum atomic E-state index is -1.26. The van der Waals surface area contributed by atoms with Crippen LogP contribution in [0.2, 0.25) is 0 Å². The lowest BCUT2D eigenvalue weighted by Gasteiger charge is -2.10. The summed E-state index contributed by atoms with van der Waals surface area (Å²) in [7, 11) is 0. The van der Waals surface area contributed by atoms with Crippen molar-refractivity contribution >= 4 is 17.7 Å². The van der Waals surface area contributed by atoms with Gasteiger partial charge in [-0.25, -0.2) is 9.18 Å². The topological polar surface area (TPSA) is 59.3 Å². The van der Waals surface area contributed by atoms with Gasteiger partial charge in [0.2, 0.25) is 5.43 Å². The molecule has 2 rings (SSSR count). The molecule has 0 saturated carbocycles. The second kappa shape index (κ2) is 6.58. The fourth-order valence-corrected chi connectivity index (χ4v) is 2.34. The molecule has 1 aromatic carbocycles. The monoisotopic (exact) mass is 307 g/mol. The number of carbonyl (C=O) groups is 1. The zero-order valence-electron chi connectivity index (χ0n) is 11.4. The predicted molar refractivity (Wildman–Crippen MR) is 81.4 cm³/mol. The molecule has 0 saturated heterocycles. The van der Waals surface area contributed by atoms with Gasteiger partial charge in [0, 0.05) is 30.3 Å². The molecule has 110 valence electrons. The van der Waals surface area contributed by atoms with E-state index in [0.717, 1.165) is 5.75 Å². The zero-order valence-corrected chi connectivity index (χ0v) is 12.2. The molecule has 1 N–H and O–H groups in total. The van der Waals surface area contributed by atoms with E-state index in [0.29, 0.717) is 12.1 Å². The molecule has 0 radical (unpaired) electrons. The molecule has 21 heavy (non-hydrogen) atoms. The number of carboxylic acid groups (broad SMARTS) is 1. The maximum absolute atomic E-state index is 13.0. The first kappa shape index (κ1) is 15.3. The summed E-state index contributed by atoms with van der Waals surface area (Å²) in [6.07, 6.45) is 4.90. The lowest BCUT2D eigenvalue weighted by atomic mass is 10.0. The molecule has 4 nitrogen and oxygen atoms in total. The number of carboxylic acids is 1. The molecule has 0 aliphatic carbocycles. The number of aromatic carboxylic acids is 1. The second-order valence-electron chi connectivity index (χ2n) is 4.46. The fourth-order valence-electron chi connectivity index (χ4n) is 1.94. The lowest BCUT2D eigenvalue weighted by Crippen LogP contribution is -2.20. The van der Waals surface area contributed by atoms with Crippen molar-refractivity contribution in [2.24, 2.45) is 0 Å². The van der Waals surface area contributed by atoms with Gasteiger partial charge in [-0.15, -0.1) is 0 Å². The second-order valence-corrected chi connectivity index (χ2v) is 5.44. The van der Waals surface area contributed by atoms with Gasteiger partial charge in [0.15, 0.2) is 0 Å². The molecule has 0 unspecified atom stereocenters. The SMILES string of the molecule is CSCCn1cc(C(=O)O)c(=O)c(-c2ccc(F)cc2)c1. The van der Waals surface area contributed by atoms with Crippen LogP contribution in [0.1, 0.15) is 10.4 Å². The molecular formula is C15H14FNO3S. The van der Waals surface area contributed by atoms with Gasteiger partial charge in [-0.1, -0.05) is 12.1 Å². The number of aryl methyl sites for hydroxylation is 1. The van der Waals surface area contributed by atoms with Crippen LogP contribution in [0, 0.1) is 5.82 Å². The number of thioether (sulfide) groups is 1. The first-order chi connectivity index (χ1) is 10.0. The third-order valence-electron chi connectivity index (χ3n) is 3.02. The Morgan fingerprint density at radius 2 is 1.95 bits per heavy atom. The minimum absolute atomic E-state index is 0.260. The number of pyridine rings is 1. The molecule has 2 aromatic rings. The summed E-state index contributed by atoms with van der Waals surface area (Å²) < 4.78 is 14.7. The van der Waals surface area contributed by atoms with E-state index < -0.39 is 17.2 Å². The van der Waals surface area contributed by atoms with E-state index in [4.69, 9.17) is 5.11 Å². The van der Waals surface area contributed by atoms with Gasteiger partial charge in [0.05, 0.1) is 0 Å². The van der Waals surface area contributed by atoms with Crippen LogP contribution in [0.5, 0.6) is 0 Å². The fraction of sp³-hybridized carbons (Fsp3) is 0.200. The molecule has 1 heterocycles. The average molecular weight is 307 g/mol. The highest BCUT2D eigenvalue weighted by atomic mass is 32.2. The summed E-state index contributed by atoms with van der Waals surface area (Å²) in [4.78, 5) is 23.4. The summed E-state index contributed by atoms with van der Waals surface area (Å²) in [5.41, 5.74) is -0.0779. The van der Waals surface area contributed by atoms with Crippen molar-refractivity contribution in [2.75, 3.05) is 12.0 Å². The molecule has 0 spiro atoms. The Balaban J connectivity index is 2.57. The zero-order chi connectivity index (χ0) is 15.4. The van der Waals surface area contributed by atoms with Gasteiger partial charge in [-0.3, -0.25) is 4.79 Å². The average Bonchev–Trinajstić information content (AvgIpc) is 2.47. The molecule has 1 aromatic heterocycles. The lowest BCUT2D eigenvalue weighted by molar-refractivity contribution is 0.0694. The Morgan fingerprint density at radius 3 is 2.52 bits per heavy atom. The van der Waals surface area contributed by atoms with Crippen molar-refractivity contribution in [3.05, 3.63) is 58.3 Å². The number of hydrogen-bond donors (Lipinski definition) is 1. The molecule has 0 fully saturated rings. The standard InChI is InChI=1S/C15H14FNO3S/c1-21-7-6-17-8-12(10-2-4-11(16)5-3-10)14(18)13(9-17)15(19)20/h2-5,8-9H,6-7H2,1H3,(H,19,20). The predicted octanol–water partition coefficient (Wildman–Crippen LogP) is 2.72. The number of rotatable bonds is 5. The van der Waals surface area contributed by atoms with Crippen molar-refractivity contribution in [2.45, 2.75) is 6.54 Å². The van der Waals surface area contributed by atoms with Crippen LogP contribution in [0.25, 0.3) is 11.1 Å². The molecule has 0 bridgehead atoms. The van der Waals surface area contributed by atoms with E-state index >= 15 is 0 Å². The van der Waals surface area contributed by atoms with Crippen LogP contribution in [0.15, 0.2) is 41.5 Å². The van der Waals surface area contributed by atoms with Crippen molar-refractivity contribution in [3.63, 3.8) is 0 Å². The number of nitrogens with zero attached hydrogens (tertiary/aromatic N) is 1. The van der Waals surface area contributed by atoms with Gasteiger partial charge < -0.3 is 9.67 Å². The van der Waals surface area contributed by atoms with Crippen LogP contribution >= 0.6 is 11.8 Å². The molecule has 6 heteroatoms. The minimum Gasteiger partial charge on any atom is -0.477 e. The Bertz CT molecular complexity index is 710. The molecule has 0 atom stereocenters. The van der Waals surface area contributed by atoms with Gasteiger partial charge in [-0.05, 0) is 24.0 Å². The van der Waals surface area contributed by atoms with Crippen LogP contribution in [0.4, 0.5) is 4.39 Å². The summed E-state index contributed by atoms with van der Waals surface area (Å²) in [6, 6.07) is 5.43. The number of aromatic nitrogens is 1. The third-order valence-corrected chi connectivity index (χ3v) is 3.61. The summed E-state index contributed by atoms with van der Waals surface area (Å²) >= 11 is 1.62. The van der Waals surface area contributed by atoms with E-state index in [9.17, 15) is 14.0 Å². The number of benzene rings is 1. The van der Waals surface area contributed by atoms with Gasteiger partial charge in [-0.2, -0.15) is 11.8 Å². The van der Waals surface area contributed by atoms with Crippen molar-refractivity contribution in [3.8, 4) is 11.1 Å². The van der Waals surface area contributed by atoms with Gasteiger partial charge >= 0.3 is 5.97 Å². The van der Waals surface area contributed by atoms with Gasteiger partial charge in [0.1, 0.15) is 11.4 Å². The van der Waals surface area contributed by atoms with E-state index in [1.54, 1.807) is 22.5 Å². The van der Waals surface area contributed by atoms with E-state index in [-0.39, 0.29) is 11.1 Å². The highest BCUT2D eigenvalue weighted by molar-refractivity contribution is 7.98. The normalized spacial score (nSPS) is 10.6. The first-order valence-electron chi connectivity index (χ1n) is 6.25. The maximum Gasteiger partial charge on any atom is 0.341 e. The van der Waals surface area contributed by atoms with Crippen LogP contribution < -0.4 is 5.43 Å². The Kier molecular flexibility index (Phi) is 4.80. The van der Waals surface area contributed by atoms with Crippen LogP contribution in [-0.2, 0) is 6.54 Å². The Morgan fingerprint density at radius 1 is 1.29 bits per heavy atom. The van der Waals surface area contributed by atoms with Crippen molar-refractivity contribution in [1.29, 1.82) is 0 Å². The number of halogens is 1. The quantitative estimate of drug-likeness (QED) is 0.922. The summed E-state index contributed by atoms with van der Waals surface area (Å²) in [5, 5.41) is 9.15. The van der Waals surface area contributed by atoms with E-state index in [2.05, 4.69) is 0 Å². The van der Waals surface area contributed by atoms with Gasteiger partial charge in [0.25, 0.3) is 0 Å². The number of hydrogen-bond acceptors (Lipinski definition) is 3. The highest BCUT2D eigenvalue weighted by Crippen LogP contribution is 2.17. The largest absolute Gasteiger partial charge is 0.477 e. The summed E-state index contributed by atoms with van der Waals surface area (Å²) in [6.45, 7) is 0.593. The van der Waals surface area contributed by atoms with Crippen molar-refractivity contribution in [1.82, 2.24) is 4.57 Å². The maximum atomic E-state index is 13.0. The smallest absolute Gasteiger partial charge is 0.341 e. The highest BCUT2D eigenvalue weighted by Gasteiger charge is 2.15. The molecule has 0 amide bonds. The van der Waals surface area contributed by atoms with E-state index in [1.165, 1.54) is 30.5 Å². The summed E-state index contributed by atoms with van der Waals surface area (Å²) in [5.74, 6) is -0.872. The Labute approximate surface area is 125 Å². The first-order valence-corrected chi connectivity index (χ1v) is 7.64. The molecular weight excluding hydrogens is 293 g/mol. The molecule has 0 aliphatic rings. The van der Waals surface area contributed by atoms with Crippen LogP contribution in [0.3, 0.4) is 0 Å².